The van der Waals surface area contributed by atoms with E-state index in [0.717, 1.165) is 5.92 Å². The van der Waals surface area contributed by atoms with Crippen molar-refractivity contribution < 1.29 is 5.11 Å². The van der Waals surface area contributed by atoms with Crippen molar-refractivity contribution in [3.8, 4) is 0 Å². The average Bonchev–Trinajstić information content (AvgIpc) is 2.40. The van der Waals surface area contributed by atoms with Crippen molar-refractivity contribution in [2.45, 2.75) is 33.6 Å². The van der Waals surface area contributed by atoms with E-state index in [-0.39, 0.29) is 0 Å². The molecule has 1 fully saturated rings. The van der Waals surface area contributed by atoms with E-state index in [9.17, 15) is 0 Å². The molecule has 1 rings (SSSR count). The maximum Gasteiger partial charge on any atom is 0.0456 e. The highest BCUT2D eigenvalue weighted by Gasteiger charge is 2.45. The zero-order chi connectivity index (χ0) is 7.78. The van der Waals surface area contributed by atoms with Gasteiger partial charge in [-0.1, -0.05) is 20.8 Å². The molecular formula is C9H18O. The lowest BCUT2D eigenvalue weighted by Gasteiger charge is -2.07. The van der Waals surface area contributed by atoms with Crippen molar-refractivity contribution in [2.24, 2.45) is 17.3 Å². The van der Waals surface area contributed by atoms with Gasteiger partial charge in [0.1, 0.15) is 0 Å². The third-order valence-electron chi connectivity index (χ3n) is 2.72. The van der Waals surface area contributed by atoms with E-state index in [1.807, 2.05) is 0 Å². The van der Waals surface area contributed by atoms with E-state index >= 15 is 0 Å². The zero-order valence-electron chi connectivity index (χ0n) is 7.22. The van der Waals surface area contributed by atoms with E-state index in [1.54, 1.807) is 0 Å². The van der Waals surface area contributed by atoms with Crippen molar-refractivity contribution in [1.82, 2.24) is 0 Å². The average molecular weight is 142 g/mol. The van der Waals surface area contributed by atoms with Gasteiger partial charge in [0.2, 0.25) is 0 Å². The Labute approximate surface area is 63.4 Å². The van der Waals surface area contributed by atoms with Crippen LogP contribution in [-0.2, 0) is 0 Å². The Morgan fingerprint density at radius 2 is 2.10 bits per heavy atom. The minimum absolute atomic E-state index is 0.354. The van der Waals surface area contributed by atoms with Gasteiger partial charge in [0, 0.05) is 6.61 Å². The second-order valence-electron chi connectivity index (χ2n) is 4.41. The molecule has 0 saturated heterocycles. The van der Waals surface area contributed by atoms with Crippen molar-refractivity contribution in [2.75, 3.05) is 6.61 Å². The van der Waals surface area contributed by atoms with Crippen LogP contribution in [0.15, 0.2) is 0 Å². The summed E-state index contributed by atoms with van der Waals surface area (Å²) in [7, 11) is 0. The molecule has 0 aromatic heterocycles. The summed E-state index contributed by atoms with van der Waals surface area (Å²) in [6.07, 6.45) is 2.57. The zero-order valence-corrected chi connectivity index (χ0v) is 7.22. The van der Waals surface area contributed by atoms with Crippen LogP contribution in [0.2, 0.25) is 0 Å². The highest BCUT2D eigenvalue weighted by molar-refractivity contribution is 4.95. The number of rotatable bonds is 3. The summed E-state index contributed by atoms with van der Waals surface area (Å²) >= 11 is 0. The van der Waals surface area contributed by atoms with E-state index in [0.29, 0.717) is 17.9 Å². The fraction of sp³-hybridized carbons (Fsp3) is 1.00. The molecule has 1 unspecified atom stereocenters. The van der Waals surface area contributed by atoms with E-state index < -0.39 is 0 Å². The number of aliphatic hydroxyl groups is 1. The van der Waals surface area contributed by atoms with Crippen LogP contribution in [0.25, 0.3) is 0 Å². The van der Waals surface area contributed by atoms with Gasteiger partial charge in [0.15, 0.2) is 0 Å². The predicted octanol–water partition coefficient (Wildman–Crippen LogP) is 2.05. The summed E-state index contributed by atoms with van der Waals surface area (Å²) in [4.78, 5) is 0. The summed E-state index contributed by atoms with van der Waals surface area (Å²) in [5.41, 5.74) is 0.587. The summed E-state index contributed by atoms with van der Waals surface area (Å²) in [6, 6.07) is 0. The quantitative estimate of drug-likeness (QED) is 0.639. The maximum absolute atomic E-state index is 8.78. The Morgan fingerprint density at radius 1 is 1.60 bits per heavy atom. The third-order valence-corrected chi connectivity index (χ3v) is 2.72. The molecule has 0 spiro atoms. The highest BCUT2D eigenvalue weighted by atomic mass is 16.3. The molecule has 60 valence electrons. The van der Waals surface area contributed by atoms with Gasteiger partial charge in [0.25, 0.3) is 0 Å². The molecule has 1 nitrogen and oxygen atoms in total. The van der Waals surface area contributed by atoms with E-state index in [1.165, 1.54) is 12.8 Å². The van der Waals surface area contributed by atoms with Gasteiger partial charge < -0.3 is 5.11 Å². The molecule has 1 heteroatoms. The topological polar surface area (TPSA) is 20.2 Å². The molecule has 1 aliphatic carbocycles. The molecule has 10 heavy (non-hydrogen) atoms. The Balaban J connectivity index is 2.17. The van der Waals surface area contributed by atoms with Crippen molar-refractivity contribution in [3.63, 3.8) is 0 Å². The smallest absolute Gasteiger partial charge is 0.0456 e. The van der Waals surface area contributed by atoms with Crippen LogP contribution in [0.4, 0.5) is 0 Å². The van der Waals surface area contributed by atoms with Gasteiger partial charge in [-0.25, -0.2) is 0 Å². The fourth-order valence-corrected chi connectivity index (χ4v) is 1.54. The molecule has 1 aliphatic rings. The van der Waals surface area contributed by atoms with Crippen LogP contribution >= 0.6 is 0 Å². The van der Waals surface area contributed by atoms with Gasteiger partial charge in [-0.2, -0.15) is 0 Å². The molecular weight excluding hydrogens is 124 g/mol. The first-order chi connectivity index (χ1) is 4.56. The SMILES string of the molecule is C[C@H](CO)CC1CC1(C)C. The minimum atomic E-state index is 0.354. The molecule has 0 amide bonds. The standard InChI is InChI=1S/C9H18O/c1-7(6-10)4-8-5-9(8,2)3/h7-8,10H,4-6H2,1-3H3/t7-,8?/m0/s1. The second-order valence-corrected chi connectivity index (χ2v) is 4.41. The van der Waals surface area contributed by atoms with E-state index in [2.05, 4.69) is 20.8 Å². The van der Waals surface area contributed by atoms with E-state index in [4.69, 9.17) is 5.11 Å². The molecule has 0 bridgehead atoms. The number of hydrogen-bond acceptors (Lipinski definition) is 1. The van der Waals surface area contributed by atoms with Gasteiger partial charge >= 0.3 is 0 Å². The van der Waals surface area contributed by atoms with Crippen LogP contribution in [0, 0.1) is 17.3 Å². The molecule has 2 atom stereocenters. The largest absolute Gasteiger partial charge is 0.396 e. The van der Waals surface area contributed by atoms with Crippen LogP contribution in [-0.4, -0.2) is 11.7 Å². The Bertz CT molecular complexity index is 118. The van der Waals surface area contributed by atoms with Crippen molar-refractivity contribution in [3.05, 3.63) is 0 Å². The Hall–Kier alpha value is -0.0400. The van der Waals surface area contributed by atoms with Crippen LogP contribution in [0.5, 0.6) is 0 Å². The predicted molar refractivity (Wildman–Crippen MR) is 42.8 cm³/mol. The Morgan fingerprint density at radius 3 is 2.40 bits per heavy atom. The summed E-state index contributed by atoms with van der Waals surface area (Å²) in [5.74, 6) is 1.39. The van der Waals surface area contributed by atoms with Gasteiger partial charge in [-0.15, -0.1) is 0 Å². The maximum atomic E-state index is 8.78. The lowest BCUT2D eigenvalue weighted by molar-refractivity contribution is 0.221. The molecule has 1 N–H and O–H groups in total. The van der Waals surface area contributed by atoms with Crippen LogP contribution < -0.4 is 0 Å². The first kappa shape index (κ1) is 8.06. The number of hydrogen-bond donors (Lipinski definition) is 1. The minimum Gasteiger partial charge on any atom is -0.396 e. The lowest BCUT2D eigenvalue weighted by atomic mass is 10.0. The van der Waals surface area contributed by atoms with Gasteiger partial charge in [-0.05, 0) is 30.1 Å². The summed E-state index contributed by atoms with van der Waals surface area (Å²) in [5, 5.41) is 8.78. The normalized spacial score (nSPS) is 31.8. The second kappa shape index (κ2) is 2.54. The van der Waals surface area contributed by atoms with Gasteiger partial charge in [-0.3, -0.25) is 0 Å². The van der Waals surface area contributed by atoms with Crippen molar-refractivity contribution in [1.29, 1.82) is 0 Å². The van der Waals surface area contributed by atoms with Gasteiger partial charge in [0.05, 0.1) is 0 Å². The fourth-order valence-electron chi connectivity index (χ4n) is 1.54. The highest BCUT2D eigenvalue weighted by Crippen LogP contribution is 2.54. The summed E-state index contributed by atoms with van der Waals surface area (Å²) in [6.45, 7) is 7.09. The van der Waals surface area contributed by atoms with Crippen LogP contribution in [0.3, 0.4) is 0 Å². The van der Waals surface area contributed by atoms with Crippen LogP contribution in [0.1, 0.15) is 33.6 Å². The molecule has 0 heterocycles. The molecule has 0 radical (unpaired) electrons. The van der Waals surface area contributed by atoms with Crippen molar-refractivity contribution >= 4 is 0 Å². The first-order valence-electron chi connectivity index (χ1n) is 4.17. The molecule has 1 saturated carbocycles. The molecule has 0 aromatic rings. The number of aliphatic hydroxyl groups excluding tert-OH is 1. The Kier molecular flexibility index (Phi) is 2.04. The molecule has 0 aliphatic heterocycles. The lowest BCUT2D eigenvalue weighted by Crippen LogP contribution is -2.03. The molecule has 0 aromatic carbocycles. The summed E-state index contributed by atoms with van der Waals surface area (Å²) < 4.78 is 0. The first-order valence-corrected chi connectivity index (χ1v) is 4.17. The third kappa shape index (κ3) is 1.72. The monoisotopic (exact) mass is 142 g/mol.